The van der Waals surface area contributed by atoms with Crippen molar-refractivity contribution in [2.45, 2.75) is 25.7 Å². The van der Waals surface area contributed by atoms with E-state index < -0.39 is 0 Å². The Bertz CT molecular complexity index is 801. The summed E-state index contributed by atoms with van der Waals surface area (Å²) in [5, 5.41) is 0. The first-order chi connectivity index (χ1) is 25.3. The Morgan fingerprint density at radius 2 is 0.569 bits per heavy atom. The SMILES string of the molecule is Nc1ccc(OCCOCCOCCOCCOCCOCCOCCOCCOCCOCCOCCOCCOCCCCCCCl)cc1. The molecule has 0 heterocycles. The van der Waals surface area contributed by atoms with Crippen LogP contribution in [0, 0.1) is 0 Å². The number of hydrogen-bond acceptors (Lipinski definition) is 14. The van der Waals surface area contributed by atoms with E-state index in [9.17, 15) is 0 Å². The van der Waals surface area contributed by atoms with Gasteiger partial charge in [0.1, 0.15) is 12.4 Å². The van der Waals surface area contributed by atoms with Crippen LogP contribution < -0.4 is 10.5 Å². The van der Waals surface area contributed by atoms with Crippen molar-refractivity contribution >= 4 is 17.3 Å². The molecule has 0 aliphatic rings. The van der Waals surface area contributed by atoms with Crippen LogP contribution >= 0.6 is 11.6 Å². The summed E-state index contributed by atoms with van der Waals surface area (Å²) in [4.78, 5) is 0. The molecule has 0 unspecified atom stereocenters. The standard InChI is InChI=1S/C36H66ClNO13/c37-9-3-1-2-4-10-39-11-12-40-13-14-41-15-16-42-17-18-43-19-20-44-21-22-45-23-24-46-25-26-47-27-28-48-29-30-49-31-32-50-33-34-51-36-7-5-35(38)6-8-36/h5-8H,1-4,9-34,38H2. The number of anilines is 1. The van der Waals surface area contributed by atoms with Crippen LogP contribution in [0.4, 0.5) is 5.69 Å². The largest absolute Gasteiger partial charge is 0.491 e. The van der Waals surface area contributed by atoms with Gasteiger partial charge in [-0.15, -0.1) is 11.6 Å². The molecule has 2 N–H and O–H groups in total. The van der Waals surface area contributed by atoms with Gasteiger partial charge in [0.05, 0.1) is 152 Å². The van der Waals surface area contributed by atoms with Crippen molar-refractivity contribution in [3.63, 3.8) is 0 Å². The molecule has 1 rings (SSSR count). The lowest BCUT2D eigenvalue weighted by atomic mass is 10.2. The molecule has 0 saturated heterocycles. The minimum atomic E-state index is 0.474. The lowest BCUT2D eigenvalue weighted by Gasteiger charge is -2.09. The van der Waals surface area contributed by atoms with Crippen molar-refractivity contribution in [2.75, 3.05) is 177 Å². The van der Waals surface area contributed by atoms with E-state index in [-0.39, 0.29) is 0 Å². The van der Waals surface area contributed by atoms with Gasteiger partial charge >= 0.3 is 0 Å². The van der Waals surface area contributed by atoms with Gasteiger partial charge in [0, 0.05) is 18.2 Å². The minimum Gasteiger partial charge on any atom is -0.491 e. The molecule has 0 spiro atoms. The quantitative estimate of drug-likeness (QED) is 0.0588. The third-order valence-electron chi connectivity index (χ3n) is 6.64. The Morgan fingerprint density at radius 3 is 0.863 bits per heavy atom. The van der Waals surface area contributed by atoms with Gasteiger partial charge in [0.15, 0.2) is 0 Å². The van der Waals surface area contributed by atoms with Crippen molar-refractivity contribution in [1.29, 1.82) is 0 Å². The van der Waals surface area contributed by atoms with Crippen molar-refractivity contribution in [3.05, 3.63) is 24.3 Å². The number of alkyl halides is 1. The number of nitrogen functional groups attached to an aromatic ring is 1. The van der Waals surface area contributed by atoms with Gasteiger partial charge in [-0.2, -0.15) is 0 Å². The molecule has 0 amide bonds. The summed E-state index contributed by atoms with van der Waals surface area (Å²) in [5.74, 6) is 1.51. The van der Waals surface area contributed by atoms with Gasteiger partial charge in [-0.05, 0) is 37.1 Å². The second-order valence-electron chi connectivity index (χ2n) is 10.9. The van der Waals surface area contributed by atoms with Gasteiger partial charge in [-0.25, -0.2) is 0 Å². The molecule has 0 aliphatic carbocycles. The van der Waals surface area contributed by atoms with E-state index in [0.29, 0.717) is 164 Å². The molecule has 51 heavy (non-hydrogen) atoms. The molecule has 14 nitrogen and oxygen atoms in total. The number of hydrogen-bond donors (Lipinski definition) is 1. The van der Waals surface area contributed by atoms with Gasteiger partial charge < -0.3 is 67.3 Å². The number of rotatable bonds is 43. The Morgan fingerprint density at radius 1 is 0.314 bits per heavy atom. The Hall–Kier alpha value is -1.37. The maximum atomic E-state index is 5.66. The zero-order chi connectivity index (χ0) is 36.4. The summed E-state index contributed by atoms with van der Waals surface area (Å²) in [5.41, 5.74) is 6.35. The highest BCUT2D eigenvalue weighted by molar-refractivity contribution is 6.17. The van der Waals surface area contributed by atoms with Crippen LogP contribution in [0.15, 0.2) is 24.3 Å². The van der Waals surface area contributed by atoms with Gasteiger partial charge in [-0.3, -0.25) is 0 Å². The third-order valence-corrected chi connectivity index (χ3v) is 6.91. The first-order valence-electron chi connectivity index (χ1n) is 18.3. The molecule has 300 valence electrons. The monoisotopic (exact) mass is 755 g/mol. The van der Waals surface area contributed by atoms with E-state index in [1.807, 2.05) is 12.1 Å². The fourth-order valence-corrected chi connectivity index (χ4v) is 4.14. The lowest BCUT2D eigenvalue weighted by Crippen LogP contribution is -2.15. The summed E-state index contributed by atoms with van der Waals surface area (Å²) < 4.78 is 71.5. The van der Waals surface area contributed by atoms with Crippen LogP contribution in [0.5, 0.6) is 5.75 Å². The van der Waals surface area contributed by atoms with E-state index in [1.54, 1.807) is 12.1 Å². The van der Waals surface area contributed by atoms with Gasteiger partial charge in [0.2, 0.25) is 0 Å². The highest BCUT2D eigenvalue weighted by atomic mass is 35.5. The highest BCUT2D eigenvalue weighted by Gasteiger charge is 1.98. The number of unbranched alkanes of at least 4 members (excludes halogenated alkanes) is 3. The highest BCUT2D eigenvalue weighted by Crippen LogP contribution is 2.12. The summed E-state index contributed by atoms with van der Waals surface area (Å²) in [7, 11) is 0. The summed E-state index contributed by atoms with van der Waals surface area (Å²) in [6.45, 7) is 13.2. The minimum absolute atomic E-state index is 0.474. The molecule has 0 bridgehead atoms. The molecule has 0 aliphatic heterocycles. The summed E-state index contributed by atoms with van der Waals surface area (Å²) >= 11 is 5.66. The van der Waals surface area contributed by atoms with Crippen LogP contribution in [-0.2, 0) is 56.8 Å². The van der Waals surface area contributed by atoms with E-state index in [1.165, 1.54) is 12.8 Å². The molecule has 0 fully saturated rings. The van der Waals surface area contributed by atoms with E-state index in [0.717, 1.165) is 31.1 Å². The molecule has 0 saturated carbocycles. The van der Waals surface area contributed by atoms with E-state index in [4.69, 9.17) is 78.9 Å². The average molecular weight is 756 g/mol. The number of benzene rings is 1. The van der Waals surface area contributed by atoms with Gasteiger partial charge in [-0.1, -0.05) is 12.8 Å². The average Bonchev–Trinajstić information content (AvgIpc) is 3.14. The normalized spacial score (nSPS) is 11.5. The van der Waals surface area contributed by atoms with Crippen LogP contribution in [0.1, 0.15) is 25.7 Å². The third kappa shape index (κ3) is 38.2. The maximum Gasteiger partial charge on any atom is 0.119 e. The zero-order valence-corrected chi connectivity index (χ0v) is 31.5. The number of nitrogens with two attached hydrogens (primary N) is 1. The fraction of sp³-hybridized carbons (Fsp3) is 0.833. The van der Waals surface area contributed by atoms with E-state index >= 15 is 0 Å². The fourth-order valence-electron chi connectivity index (χ4n) is 3.96. The molecule has 0 atom stereocenters. The van der Waals surface area contributed by atoms with E-state index in [2.05, 4.69) is 0 Å². The Balaban J connectivity index is 1.61. The smallest absolute Gasteiger partial charge is 0.119 e. The maximum absolute atomic E-state index is 5.66. The Kier molecular flexibility index (Phi) is 38.7. The molecule has 1 aromatic rings. The zero-order valence-electron chi connectivity index (χ0n) is 30.8. The molecular formula is C36H66ClNO13. The van der Waals surface area contributed by atoms with Crippen LogP contribution in [-0.4, -0.2) is 171 Å². The molecule has 0 aromatic heterocycles. The predicted octanol–water partition coefficient (Wildman–Crippen LogP) is 3.65. The number of ether oxygens (including phenoxy) is 13. The topological polar surface area (TPSA) is 146 Å². The van der Waals surface area contributed by atoms with Gasteiger partial charge in [0.25, 0.3) is 0 Å². The molecular weight excluding hydrogens is 690 g/mol. The summed E-state index contributed by atoms with van der Waals surface area (Å²) in [6, 6.07) is 7.27. The predicted molar refractivity (Wildman–Crippen MR) is 195 cm³/mol. The van der Waals surface area contributed by atoms with Crippen LogP contribution in [0.3, 0.4) is 0 Å². The number of halogens is 1. The first kappa shape index (κ1) is 47.7. The first-order valence-corrected chi connectivity index (χ1v) is 18.8. The lowest BCUT2D eigenvalue weighted by molar-refractivity contribution is -0.0285. The Labute approximate surface area is 310 Å². The second-order valence-corrected chi connectivity index (χ2v) is 11.2. The van der Waals surface area contributed by atoms with Crippen molar-refractivity contribution in [2.24, 2.45) is 0 Å². The van der Waals surface area contributed by atoms with Crippen LogP contribution in [0.25, 0.3) is 0 Å². The summed E-state index contributed by atoms with van der Waals surface area (Å²) in [6.07, 6.45) is 4.49. The molecule has 0 radical (unpaired) electrons. The van der Waals surface area contributed by atoms with Crippen molar-refractivity contribution < 1.29 is 61.6 Å². The molecule has 15 heteroatoms. The van der Waals surface area contributed by atoms with Crippen LogP contribution in [0.2, 0.25) is 0 Å². The van der Waals surface area contributed by atoms with Crippen molar-refractivity contribution in [3.8, 4) is 5.75 Å². The van der Waals surface area contributed by atoms with Crippen molar-refractivity contribution in [1.82, 2.24) is 0 Å². The molecule has 1 aromatic carbocycles. The second kappa shape index (κ2) is 41.4.